The zero-order valence-electron chi connectivity index (χ0n) is 18.4. The normalized spacial score (nSPS) is 14.2. The number of thioether (sulfide) groups is 1. The molecule has 0 spiro atoms. The van der Waals surface area contributed by atoms with E-state index in [2.05, 4.69) is 10.1 Å². The average molecular weight is 481 g/mol. The first kappa shape index (κ1) is 23.1. The van der Waals surface area contributed by atoms with E-state index in [0.717, 1.165) is 0 Å². The summed E-state index contributed by atoms with van der Waals surface area (Å²) in [5.74, 6) is -1.03. The second-order valence-corrected chi connectivity index (χ2v) is 8.51. The Hall–Kier alpha value is -4.06. The third-order valence-corrected chi connectivity index (χ3v) is 5.79. The molecule has 0 fully saturated rings. The minimum Gasteiger partial charge on any atom is -0.854 e. The van der Waals surface area contributed by atoms with Gasteiger partial charge >= 0.3 is 5.97 Å². The molecule has 3 aromatic rings. The molecule has 4 rings (SSSR count). The van der Waals surface area contributed by atoms with Gasteiger partial charge in [-0.2, -0.15) is 0 Å². The Bertz CT molecular complexity index is 1330. The highest BCUT2D eigenvalue weighted by molar-refractivity contribution is 7.99. The van der Waals surface area contributed by atoms with E-state index >= 15 is 0 Å². The fourth-order valence-corrected chi connectivity index (χ4v) is 4.40. The van der Waals surface area contributed by atoms with Crippen LogP contribution in [0, 0.1) is 10.1 Å². The van der Waals surface area contributed by atoms with Crippen LogP contribution in [0.15, 0.2) is 47.6 Å². The molecular weight excluding hydrogens is 462 g/mol. The van der Waals surface area contributed by atoms with Crippen molar-refractivity contribution in [3.63, 3.8) is 0 Å². The number of carbonyl (C=O) groups excluding carboxylic acids is 2. The molecule has 2 heterocycles. The van der Waals surface area contributed by atoms with Crippen LogP contribution in [0.25, 0.3) is 11.3 Å². The molecule has 0 aliphatic carbocycles. The van der Waals surface area contributed by atoms with Gasteiger partial charge in [0, 0.05) is 31.1 Å². The number of ether oxygens (including phenoxy) is 1. The summed E-state index contributed by atoms with van der Waals surface area (Å²) in [6, 6.07) is 10.4. The Morgan fingerprint density at radius 3 is 2.62 bits per heavy atom. The molecule has 0 radical (unpaired) electrons. The molecule has 1 aliphatic heterocycles. The Balaban J connectivity index is 2.10. The van der Waals surface area contributed by atoms with Crippen LogP contribution in [0.4, 0.5) is 11.4 Å². The standard InChI is InChI=1S/C22H19N5O6S/c1-4-34-22-23-20(30)19-15-7-5-6-8-17(15)25(12(2)28)21(26(19)24-22)16-11-14(27(31)32)9-10-18(16)33-13(3)29/h5-11,21H,4H2,1-3H3. The number of amides is 1. The topological polar surface area (TPSA) is 142 Å². The molecule has 1 atom stereocenters. The van der Waals surface area contributed by atoms with Gasteiger partial charge < -0.3 is 9.84 Å². The number of benzene rings is 2. The zero-order valence-corrected chi connectivity index (χ0v) is 19.2. The first-order valence-corrected chi connectivity index (χ1v) is 11.2. The van der Waals surface area contributed by atoms with Gasteiger partial charge in [0.15, 0.2) is 0 Å². The maximum Gasteiger partial charge on any atom is 0.308 e. The van der Waals surface area contributed by atoms with Crippen molar-refractivity contribution in [3.8, 4) is 22.9 Å². The second-order valence-electron chi connectivity index (χ2n) is 7.28. The second kappa shape index (κ2) is 9.06. The zero-order chi connectivity index (χ0) is 24.6. The number of non-ortho nitro benzene ring substituents is 1. The fraction of sp³-hybridized carbons (Fsp3) is 0.227. The van der Waals surface area contributed by atoms with E-state index in [9.17, 15) is 24.8 Å². The molecular formula is C22H19N5O6S. The van der Waals surface area contributed by atoms with Gasteiger partial charge in [0.05, 0.1) is 27.6 Å². The molecule has 34 heavy (non-hydrogen) atoms. The molecule has 1 aliphatic rings. The van der Waals surface area contributed by atoms with Crippen molar-refractivity contribution in [2.24, 2.45) is 0 Å². The minimum absolute atomic E-state index is 0.00272. The quantitative estimate of drug-likeness (QED) is 0.134. The van der Waals surface area contributed by atoms with Crippen LogP contribution < -0.4 is 19.4 Å². The van der Waals surface area contributed by atoms with Crippen molar-refractivity contribution in [3.05, 3.63) is 58.1 Å². The fourth-order valence-electron chi connectivity index (χ4n) is 3.84. The number of nitro groups is 1. The number of hydrogen-bond donors (Lipinski definition) is 0. The van der Waals surface area contributed by atoms with Gasteiger partial charge in [-0.3, -0.25) is 19.7 Å². The van der Waals surface area contributed by atoms with E-state index in [1.165, 1.54) is 53.4 Å². The van der Waals surface area contributed by atoms with E-state index in [1.807, 2.05) is 6.92 Å². The molecule has 12 heteroatoms. The number of rotatable bonds is 5. The van der Waals surface area contributed by atoms with Crippen molar-refractivity contribution < 1.29 is 29.0 Å². The SMILES string of the molecule is CCSc1nc([O-])c2[n+](n1)C(c1cc([N+](=O)[O-])ccc1OC(C)=O)N(C(C)=O)c1ccccc1-2. The van der Waals surface area contributed by atoms with E-state index < -0.39 is 28.8 Å². The van der Waals surface area contributed by atoms with E-state index in [1.54, 1.807) is 24.3 Å². The van der Waals surface area contributed by atoms with Crippen LogP contribution >= 0.6 is 11.8 Å². The van der Waals surface area contributed by atoms with Gasteiger partial charge in [-0.05, 0) is 24.0 Å². The van der Waals surface area contributed by atoms with Crippen molar-refractivity contribution >= 4 is 35.0 Å². The minimum atomic E-state index is -1.15. The molecule has 1 aromatic heterocycles. The van der Waals surface area contributed by atoms with Crippen LogP contribution in [0.1, 0.15) is 32.5 Å². The summed E-state index contributed by atoms with van der Waals surface area (Å²) in [5.41, 5.74) is 0.781. The highest BCUT2D eigenvalue weighted by Gasteiger charge is 2.46. The van der Waals surface area contributed by atoms with Gasteiger partial charge in [-0.25, -0.2) is 9.88 Å². The molecule has 0 saturated heterocycles. The summed E-state index contributed by atoms with van der Waals surface area (Å²) in [6.45, 7) is 4.40. The summed E-state index contributed by atoms with van der Waals surface area (Å²) >= 11 is 1.23. The lowest BCUT2D eigenvalue weighted by atomic mass is 10.0. The van der Waals surface area contributed by atoms with E-state index in [4.69, 9.17) is 4.74 Å². The number of nitro benzene ring substituents is 1. The Morgan fingerprint density at radius 2 is 1.97 bits per heavy atom. The van der Waals surface area contributed by atoms with Gasteiger partial charge in [0.2, 0.25) is 5.91 Å². The number of nitrogens with zero attached hydrogens (tertiary/aromatic N) is 5. The van der Waals surface area contributed by atoms with E-state index in [-0.39, 0.29) is 27.9 Å². The van der Waals surface area contributed by atoms with Gasteiger partial charge in [0.25, 0.3) is 22.7 Å². The number of hydrogen-bond acceptors (Lipinski definition) is 9. The maximum atomic E-state index is 13.1. The summed E-state index contributed by atoms with van der Waals surface area (Å²) in [7, 11) is 0. The Labute approximate surface area is 198 Å². The Kier molecular flexibility index (Phi) is 6.16. The maximum absolute atomic E-state index is 13.1. The molecule has 174 valence electrons. The first-order valence-electron chi connectivity index (χ1n) is 10.2. The summed E-state index contributed by atoms with van der Waals surface area (Å²) < 4.78 is 6.66. The number of fused-ring (bicyclic) bond motifs is 3. The van der Waals surface area contributed by atoms with Crippen LogP contribution in [-0.2, 0) is 9.59 Å². The third-order valence-electron chi connectivity index (χ3n) is 5.07. The van der Waals surface area contributed by atoms with Crippen LogP contribution in [0.5, 0.6) is 11.6 Å². The summed E-state index contributed by atoms with van der Waals surface area (Å²) in [4.78, 5) is 41.1. The van der Waals surface area contributed by atoms with Crippen molar-refractivity contribution in [1.82, 2.24) is 10.1 Å². The largest absolute Gasteiger partial charge is 0.854 e. The molecule has 0 saturated carbocycles. The predicted molar refractivity (Wildman–Crippen MR) is 119 cm³/mol. The van der Waals surface area contributed by atoms with Crippen molar-refractivity contribution in [2.45, 2.75) is 32.1 Å². The van der Waals surface area contributed by atoms with E-state index in [0.29, 0.717) is 17.0 Å². The Morgan fingerprint density at radius 1 is 1.24 bits per heavy atom. The van der Waals surface area contributed by atoms with Gasteiger partial charge in [-0.1, -0.05) is 35.5 Å². The summed E-state index contributed by atoms with van der Waals surface area (Å²) in [5, 5.41) is 29.4. The lowest BCUT2D eigenvalue weighted by Gasteiger charge is -2.33. The molecule has 0 N–H and O–H groups in total. The molecule has 2 aromatic carbocycles. The third kappa shape index (κ3) is 4.03. The highest BCUT2D eigenvalue weighted by atomic mass is 32.2. The number of anilines is 1. The van der Waals surface area contributed by atoms with Crippen LogP contribution in [-0.4, -0.2) is 32.6 Å². The van der Waals surface area contributed by atoms with Crippen LogP contribution in [0.2, 0.25) is 0 Å². The molecule has 0 bridgehead atoms. The molecule has 11 nitrogen and oxygen atoms in total. The number of carbonyl (C=O) groups is 2. The number of aromatic nitrogens is 3. The molecule has 1 amide bonds. The predicted octanol–water partition coefficient (Wildman–Crippen LogP) is 2.36. The smallest absolute Gasteiger partial charge is 0.308 e. The van der Waals surface area contributed by atoms with Crippen molar-refractivity contribution in [1.29, 1.82) is 0 Å². The highest BCUT2D eigenvalue weighted by Crippen LogP contribution is 2.43. The van der Waals surface area contributed by atoms with Crippen molar-refractivity contribution in [2.75, 3.05) is 10.7 Å². The first-order chi connectivity index (χ1) is 16.2. The summed E-state index contributed by atoms with van der Waals surface area (Å²) in [6.07, 6.45) is -1.15. The average Bonchev–Trinajstić information content (AvgIpc) is 2.77. The number of esters is 1. The monoisotopic (exact) mass is 481 g/mol. The lowest BCUT2D eigenvalue weighted by Crippen LogP contribution is -2.58. The molecule has 1 unspecified atom stereocenters. The van der Waals surface area contributed by atoms with Gasteiger partial charge in [0.1, 0.15) is 5.75 Å². The lowest BCUT2D eigenvalue weighted by molar-refractivity contribution is -0.764. The number of para-hydroxylation sites is 1. The van der Waals surface area contributed by atoms with Crippen LogP contribution in [0.3, 0.4) is 0 Å². The van der Waals surface area contributed by atoms with Gasteiger partial charge in [-0.15, -0.1) is 0 Å².